The van der Waals surface area contributed by atoms with Gasteiger partial charge in [-0.3, -0.25) is 9.99 Å². The van der Waals surface area contributed by atoms with Gasteiger partial charge in [0.25, 0.3) is 0 Å². The van der Waals surface area contributed by atoms with Gasteiger partial charge in [-0.25, -0.2) is 13.8 Å². The van der Waals surface area contributed by atoms with Crippen molar-refractivity contribution in [3.63, 3.8) is 0 Å². The van der Waals surface area contributed by atoms with Gasteiger partial charge in [-0.15, -0.1) is 5.53 Å². The van der Waals surface area contributed by atoms with E-state index in [0.29, 0.717) is 35.5 Å². The zero-order chi connectivity index (χ0) is 27.8. The lowest BCUT2D eigenvalue weighted by Crippen LogP contribution is -2.52. The molecule has 4 heterocycles. The van der Waals surface area contributed by atoms with Crippen LogP contribution in [0.1, 0.15) is 17.2 Å². The molecule has 2 aromatic carbocycles. The van der Waals surface area contributed by atoms with Crippen molar-refractivity contribution in [2.75, 3.05) is 23.8 Å². The summed E-state index contributed by atoms with van der Waals surface area (Å²) in [6, 6.07) is 12.2. The number of hydrogen-bond donors (Lipinski definition) is 4. The standard InChI is InChI=1S/C27H20ClF3N8O/c28-21-6-17(5-20-24(15(8-32)9-33-26(20)21)36-18-7-22(30)27(31)34-10-18)35-25(14-1-3-16(29)4-2-14)23-11-39(38-37-23)19-12-40-13-19/h1-7,9-11,19,25,35,37-38H,12-13H2,(H,33,36)/t25-/m0/s1. The first-order valence-corrected chi connectivity index (χ1v) is 12.5. The number of ether oxygens (including phenoxy) is 1. The van der Waals surface area contributed by atoms with Crippen molar-refractivity contribution in [1.82, 2.24) is 25.9 Å². The Morgan fingerprint density at radius 3 is 2.58 bits per heavy atom. The van der Waals surface area contributed by atoms with Gasteiger partial charge in [-0.05, 0) is 29.8 Å². The van der Waals surface area contributed by atoms with E-state index in [9.17, 15) is 18.4 Å². The molecule has 1 atom stereocenters. The van der Waals surface area contributed by atoms with Crippen LogP contribution in [0.2, 0.25) is 5.02 Å². The molecular formula is C27H20ClF3N8O. The summed E-state index contributed by atoms with van der Waals surface area (Å²) >= 11 is 6.63. The van der Waals surface area contributed by atoms with Crippen LogP contribution in [-0.4, -0.2) is 34.2 Å². The van der Waals surface area contributed by atoms with Gasteiger partial charge in [0.2, 0.25) is 5.95 Å². The molecule has 2 aliphatic rings. The number of pyridine rings is 2. The van der Waals surface area contributed by atoms with Crippen LogP contribution in [0.4, 0.5) is 30.2 Å². The van der Waals surface area contributed by atoms with E-state index in [0.717, 1.165) is 23.5 Å². The second kappa shape index (κ2) is 10.5. The van der Waals surface area contributed by atoms with Crippen molar-refractivity contribution in [2.24, 2.45) is 0 Å². The summed E-state index contributed by atoms with van der Waals surface area (Å²) in [7, 11) is 0. The first kappa shape index (κ1) is 25.7. The van der Waals surface area contributed by atoms with Crippen molar-refractivity contribution in [3.8, 4) is 6.07 Å². The summed E-state index contributed by atoms with van der Waals surface area (Å²) in [4.78, 5) is 7.73. The fourth-order valence-electron chi connectivity index (χ4n) is 4.43. The molecule has 9 nitrogen and oxygen atoms in total. The third-order valence-corrected chi connectivity index (χ3v) is 6.85. The summed E-state index contributed by atoms with van der Waals surface area (Å²) in [5.74, 6) is -2.74. The minimum Gasteiger partial charge on any atom is -0.377 e. The number of rotatable bonds is 7. The first-order chi connectivity index (χ1) is 19.4. The maximum Gasteiger partial charge on any atom is 0.249 e. The van der Waals surface area contributed by atoms with E-state index in [-0.39, 0.29) is 28.1 Å². The van der Waals surface area contributed by atoms with Gasteiger partial charge in [0.1, 0.15) is 11.9 Å². The van der Waals surface area contributed by atoms with E-state index in [1.165, 1.54) is 18.3 Å². The van der Waals surface area contributed by atoms with Crippen molar-refractivity contribution >= 4 is 39.6 Å². The highest BCUT2D eigenvalue weighted by Crippen LogP contribution is 2.37. The second-order valence-corrected chi connectivity index (χ2v) is 9.59. The van der Waals surface area contributed by atoms with Gasteiger partial charge in [-0.2, -0.15) is 9.65 Å². The Morgan fingerprint density at radius 2 is 1.88 bits per heavy atom. The quantitative estimate of drug-likeness (QED) is 0.230. The molecule has 0 radical (unpaired) electrons. The predicted molar refractivity (Wildman–Crippen MR) is 142 cm³/mol. The molecule has 4 aromatic rings. The van der Waals surface area contributed by atoms with E-state index in [2.05, 4.69) is 37.6 Å². The van der Waals surface area contributed by atoms with E-state index in [1.807, 2.05) is 11.2 Å². The molecule has 2 aromatic heterocycles. The van der Waals surface area contributed by atoms with Crippen LogP contribution in [0, 0.1) is 28.9 Å². The van der Waals surface area contributed by atoms with Crippen LogP contribution < -0.4 is 21.6 Å². The summed E-state index contributed by atoms with van der Waals surface area (Å²) in [5, 5.41) is 18.8. The van der Waals surface area contributed by atoms with E-state index < -0.39 is 17.8 Å². The number of hydrazine groups is 2. The fourth-order valence-corrected chi connectivity index (χ4v) is 4.70. The smallest absolute Gasteiger partial charge is 0.249 e. The molecule has 13 heteroatoms. The number of nitrogens with one attached hydrogen (secondary N) is 4. The maximum atomic E-state index is 13.9. The first-order valence-electron chi connectivity index (χ1n) is 12.1. The van der Waals surface area contributed by atoms with Crippen molar-refractivity contribution in [2.45, 2.75) is 12.1 Å². The Hall–Kier alpha value is -4.57. The van der Waals surface area contributed by atoms with Crippen LogP contribution in [0.5, 0.6) is 0 Å². The molecule has 1 saturated heterocycles. The largest absolute Gasteiger partial charge is 0.377 e. The highest BCUT2D eigenvalue weighted by molar-refractivity contribution is 6.36. The summed E-state index contributed by atoms with van der Waals surface area (Å²) in [6.45, 7) is 1.18. The van der Waals surface area contributed by atoms with Gasteiger partial charge in [0, 0.05) is 29.5 Å². The molecule has 1 fully saturated rings. The van der Waals surface area contributed by atoms with Crippen molar-refractivity contribution in [3.05, 3.63) is 100 Å². The number of anilines is 3. The molecule has 40 heavy (non-hydrogen) atoms. The molecule has 202 valence electrons. The molecule has 0 spiro atoms. The Balaban J connectivity index is 1.41. The lowest BCUT2D eigenvalue weighted by molar-refractivity contribution is -0.0635. The lowest BCUT2D eigenvalue weighted by atomic mass is 10.0. The third-order valence-electron chi connectivity index (χ3n) is 6.56. The van der Waals surface area contributed by atoms with Gasteiger partial charge in [-0.1, -0.05) is 23.7 Å². The minimum atomic E-state index is -1.24. The van der Waals surface area contributed by atoms with Gasteiger partial charge >= 0.3 is 0 Å². The zero-order valence-corrected chi connectivity index (χ0v) is 21.3. The van der Waals surface area contributed by atoms with Crippen LogP contribution in [0.3, 0.4) is 0 Å². The SMILES string of the molecule is N#Cc1cnc2c(Cl)cc(N[C@H](C3=CN(C4COC4)NN3)c3ccc(F)cc3)cc2c1Nc1cnc(F)c(F)c1. The molecule has 0 unspecified atom stereocenters. The lowest BCUT2D eigenvalue weighted by Gasteiger charge is -2.33. The Bertz CT molecular complexity index is 1670. The van der Waals surface area contributed by atoms with E-state index in [4.69, 9.17) is 16.3 Å². The summed E-state index contributed by atoms with van der Waals surface area (Å²) < 4.78 is 46.3. The summed E-state index contributed by atoms with van der Waals surface area (Å²) in [6.07, 6.45) is 4.37. The Kier molecular flexibility index (Phi) is 6.77. The third kappa shape index (κ3) is 4.93. The maximum absolute atomic E-state index is 13.9. The molecule has 4 N–H and O–H groups in total. The number of aromatic nitrogens is 2. The second-order valence-electron chi connectivity index (χ2n) is 9.18. The average molecular weight is 565 g/mol. The fraction of sp³-hybridized carbons (Fsp3) is 0.148. The normalized spacial score (nSPS) is 15.7. The molecule has 0 bridgehead atoms. The highest BCUT2D eigenvalue weighted by atomic mass is 35.5. The number of fused-ring (bicyclic) bond motifs is 1. The van der Waals surface area contributed by atoms with Crippen LogP contribution >= 0.6 is 11.6 Å². The predicted octanol–water partition coefficient (Wildman–Crippen LogP) is 5.03. The zero-order valence-electron chi connectivity index (χ0n) is 20.6. The van der Waals surface area contributed by atoms with E-state index in [1.54, 1.807) is 24.3 Å². The molecule has 0 aliphatic carbocycles. The summed E-state index contributed by atoms with van der Waals surface area (Å²) in [5.41, 5.74) is 9.32. The van der Waals surface area contributed by atoms with Gasteiger partial charge in [0.05, 0.1) is 64.7 Å². The topological polar surface area (TPSA) is 110 Å². The van der Waals surface area contributed by atoms with Crippen LogP contribution in [0.15, 0.2) is 66.8 Å². The van der Waals surface area contributed by atoms with Crippen molar-refractivity contribution < 1.29 is 17.9 Å². The molecule has 2 aliphatic heterocycles. The van der Waals surface area contributed by atoms with Crippen LogP contribution in [-0.2, 0) is 4.74 Å². The molecule has 0 amide bonds. The number of nitriles is 1. The monoisotopic (exact) mass is 564 g/mol. The van der Waals surface area contributed by atoms with Crippen LogP contribution in [0.25, 0.3) is 10.9 Å². The number of halogens is 4. The van der Waals surface area contributed by atoms with Gasteiger partial charge < -0.3 is 20.8 Å². The molecule has 0 saturated carbocycles. The Morgan fingerprint density at radius 1 is 1.07 bits per heavy atom. The van der Waals surface area contributed by atoms with Crippen molar-refractivity contribution in [1.29, 1.82) is 5.26 Å². The number of benzene rings is 2. The van der Waals surface area contributed by atoms with Gasteiger partial charge in [0.15, 0.2) is 5.82 Å². The average Bonchev–Trinajstić information content (AvgIpc) is 3.38. The minimum absolute atomic E-state index is 0.132. The molecular weight excluding hydrogens is 545 g/mol. The molecule has 6 rings (SSSR count). The van der Waals surface area contributed by atoms with E-state index >= 15 is 0 Å². The highest BCUT2D eigenvalue weighted by Gasteiger charge is 2.30. The number of nitrogens with zero attached hydrogens (tertiary/aromatic N) is 4. The Labute approximate surface area is 231 Å². The number of hydrogen-bond acceptors (Lipinski definition) is 9.